The van der Waals surface area contributed by atoms with Gasteiger partial charge in [-0.3, -0.25) is 14.5 Å². The zero-order chi connectivity index (χ0) is 19.2. The summed E-state index contributed by atoms with van der Waals surface area (Å²) < 4.78 is 5.37. The summed E-state index contributed by atoms with van der Waals surface area (Å²) in [6.45, 7) is 6.12. The van der Waals surface area contributed by atoms with Crippen LogP contribution >= 0.6 is 0 Å². The first-order valence-corrected chi connectivity index (χ1v) is 9.14. The van der Waals surface area contributed by atoms with Gasteiger partial charge in [0.05, 0.1) is 18.9 Å². The third kappa shape index (κ3) is 5.15. The molecule has 0 saturated carbocycles. The van der Waals surface area contributed by atoms with Gasteiger partial charge in [-0.2, -0.15) is 0 Å². The van der Waals surface area contributed by atoms with E-state index >= 15 is 0 Å². The Hall–Kier alpha value is -2.70. The van der Waals surface area contributed by atoms with E-state index in [1.807, 2.05) is 12.1 Å². The number of hydrogen-bond donors (Lipinski definition) is 2. The van der Waals surface area contributed by atoms with E-state index in [1.165, 1.54) is 12.5 Å². The van der Waals surface area contributed by atoms with Gasteiger partial charge in [-0.1, -0.05) is 12.1 Å². The molecule has 3 rings (SSSR count). The van der Waals surface area contributed by atoms with E-state index in [1.54, 1.807) is 18.2 Å². The van der Waals surface area contributed by atoms with Gasteiger partial charge >= 0.3 is 0 Å². The molecule has 1 aliphatic heterocycles. The number of anilines is 2. The van der Waals surface area contributed by atoms with Crippen molar-refractivity contribution < 1.29 is 14.3 Å². The Labute approximate surface area is 159 Å². The number of benzene rings is 2. The van der Waals surface area contributed by atoms with Crippen LogP contribution in [0.3, 0.4) is 0 Å². The lowest BCUT2D eigenvalue weighted by molar-refractivity contribution is 0.0384. The maximum absolute atomic E-state index is 11.9. The number of hydrogen-bond acceptors (Lipinski definition) is 5. The largest absolute Gasteiger partial charge is 0.379 e. The number of primary amides is 1. The zero-order valence-corrected chi connectivity index (χ0v) is 15.5. The van der Waals surface area contributed by atoms with E-state index < -0.39 is 5.91 Å². The second-order valence-corrected chi connectivity index (χ2v) is 6.71. The van der Waals surface area contributed by atoms with Crippen molar-refractivity contribution in [2.45, 2.75) is 13.3 Å². The molecule has 0 aliphatic carbocycles. The SMILES string of the molecule is CC(=O)c1ccc(C(N)=O)cc1Nc1ccc(CCN2CCOCC2)cc1. The van der Waals surface area contributed by atoms with Gasteiger partial charge in [-0.15, -0.1) is 0 Å². The molecule has 1 heterocycles. The normalized spacial score (nSPS) is 14.7. The zero-order valence-electron chi connectivity index (χ0n) is 15.5. The molecule has 0 aromatic heterocycles. The first-order valence-electron chi connectivity index (χ1n) is 9.14. The first-order chi connectivity index (χ1) is 13.0. The van der Waals surface area contributed by atoms with Crippen molar-refractivity contribution in [2.24, 2.45) is 5.73 Å². The topological polar surface area (TPSA) is 84.7 Å². The summed E-state index contributed by atoms with van der Waals surface area (Å²) in [5.74, 6) is -0.595. The molecule has 0 bridgehead atoms. The Morgan fingerprint density at radius 1 is 1.11 bits per heavy atom. The lowest BCUT2D eigenvalue weighted by Crippen LogP contribution is -2.37. The summed E-state index contributed by atoms with van der Waals surface area (Å²) in [7, 11) is 0. The van der Waals surface area contributed by atoms with E-state index in [4.69, 9.17) is 10.5 Å². The third-order valence-electron chi connectivity index (χ3n) is 4.74. The number of Topliss-reactive ketones (excluding diaryl/α,β-unsaturated/α-hetero) is 1. The standard InChI is InChI=1S/C21H25N3O3/c1-15(25)19-7-4-17(21(22)26)14-20(19)23-18-5-2-16(3-6-18)8-9-24-10-12-27-13-11-24/h2-7,14,23H,8-13H2,1H3,(H2,22,26). The van der Waals surface area contributed by atoms with Crippen LogP contribution in [-0.4, -0.2) is 49.4 Å². The quantitative estimate of drug-likeness (QED) is 0.735. The summed E-state index contributed by atoms with van der Waals surface area (Å²) in [6.07, 6.45) is 0.982. The highest BCUT2D eigenvalue weighted by Gasteiger charge is 2.12. The van der Waals surface area contributed by atoms with Gasteiger partial charge in [0, 0.05) is 36.4 Å². The van der Waals surface area contributed by atoms with Gasteiger partial charge in [0.15, 0.2) is 5.78 Å². The van der Waals surface area contributed by atoms with Crippen LogP contribution in [0.25, 0.3) is 0 Å². The van der Waals surface area contributed by atoms with Crippen LogP contribution in [0.15, 0.2) is 42.5 Å². The molecule has 6 heteroatoms. The Balaban J connectivity index is 1.67. The van der Waals surface area contributed by atoms with Crippen LogP contribution in [-0.2, 0) is 11.2 Å². The molecule has 142 valence electrons. The number of rotatable bonds is 7. The number of morpholine rings is 1. The molecule has 1 fully saturated rings. The molecule has 1 aliphatic rings. The summed E-state index contributed by atoms with van der Waals surface area (Å²) >= 11 is 0. The van der Waals surface area contributed by atoms with Crippen LogP contribution in [0.5, 0.6) is 0 Å². The van der Waals surface area contributed by atoms with Gasteiger partial charge < -0.3 is 15.8 Å². The molecule has 3 N–H and O–H groups in total. The molecule has 6 nitrogen and oxygen atoms in total. The fourth-order valence-electron chi connectivity index (χ4n) is 3.13. The van der Waals surface area contributed by atoms with Crippen molar-refractivity contribution in [1.82, 2.24) is 4.90 Å². The summed E-state index contributed by atoms with van der Waals surface area (Å²) in [6, 6.07) is 12.9. The minimum Gasteiger partial charge on any atom is -0.379 e. The lowest BCUT2D eigenvalue weighted by Gasteiger charge is -2.26. The molecule has 0 spiro atoms. The van der Waals surface area contributed by atoms with E-state index in [9.17, 15) is 9.59 Å². The van der Waals surface area contributed by atoms with Crippen molar-refractivity contribution in [3.8, 4) is 0 Å². The highest BCUT2D eigenvalue weighted by molar-refractivity contribution is 6.03. The lowest BCUT2D eigenvalue weighted by atomic mass is 10.0. The summed E-state index contributed by atoms with van der Waals surface area (Å²) in [5, 5.41) is 3.23. The predicted octanol–water partition coefficient (Wildman–Crippen LogP) is 2.61. The van der Waals surface area contributed by atoms with Crippen LogP contribution in [0.4, 0.5) is 11.4 Å². The van der Waals surface area contributed by atoms with Crippen molar-refractivity contribution in [3.63, 3.8) is 0 Å². The Kier molecular flexibility index (Phi) is 6.21. The molecule has 0 radical (unpaired) electrons. The van der Waals surface area contributed by atoms with Gasteiger partial charge in [0.1, 0.15) is 0 Å². The van der Waals surface area contributed by atoms with Crippen LogP contribution in [0, 0.1) is 0 Å². The number of nitrogens with one attached hydrogen (secondary N) is 1. The fourth-order valence-corrected chi connectivity index (χ4v) is 3.13. The van der Waals surface area contributed by atoms with Crippen LogP contribution in [0.2, 0.25) is 0 Å². The maximum atomic E-state index is 11.9. The van der Waals surface area contributed by atoms with E-state index in [-0.39, 0.29) is 5.78 Å². The molecular weight excluding hydrogens is 342 g/mol. The first kappa shape index (κ1) is 19.1. The van der Waals surface area contributed by atoms with Gasteiger partial charge in [0.2, 0.25) is 5.91 Å². The Morgan fingerprint density at radius 3 is 2.44 bits per heavy atom. The van der Waals surface area contributed by atoms with E-state index in [0.717, 1.165) is 45.0 Å². The second-order valence-electron chi connectivity index (χ2n) is 6.71. The highest BCUT2D eigenvalue weighted by atomic mass is 16.5. The van der Waals surface area contributed by atoms with Crippen LogP contribution in [0.1, 0.15) is 33.2 Å². The third-order valence-corrected chi connectivity index (χ3v) is 4.74. The average Bonchev–Trinajstić information content (AvgIpc) is 2.68. The molecule has 1 saturated heterocycles. The molecule has 0 unspecified atom stereocenters. The average molecular weight is 367 g/mol. The van der Waals surface area contributed by atoms with Crippen molar-refractivity contribution in [1.29, 1.82) is 0 Å². The number of nitrogens with two attached hydrogens (primary N) is 1. The second kappa shape index (κ2) is 8.79. The molecule has 1 amide bonds. The summed E-state index contributed by atoms with van der Waals surface area (Å²) in [5.41, 5.74) is 8.94. The highest BCUT2D eigenvalue weighted by Crippen LogP contribution is 2.23. The van der Waals surface area contributed by atoms with Crippen molar-refractivity contribution in [2.75, 3.05) is 38.2 Å². The van der Waals surface area contributed by atoms with E-state index in [0.29, 0.717) is 16.8 Å². The number of ketones is 1. The maximum Gasteiger partial charge on any atom is 0.248 e. The minimum atomic E-state index is -0.522. The molecule has 0 atom stereocenters. The van der Waals surface area contributed by atoms with Gasteiger partial charge in [0.25, 0.3) is 0 Å². The van der Waals surface area contributed by atoms with Gasteiger partial charge in [-0.25, -0.2) is 0 Å². The number of ether oxygens (including phenoxy) is 1. The number of amides is 1. The minimum absolute atomic E-state index is 0.0735. The van der Waals surface area contributed by atoms with Crippen molar-refractivity contribution >= 4 is 23.1 Å². The summed E-state index contributed by atoms with van der Waals surface area (Å²) in [4.78, 5) is 25.7. The number of carbonyl (C=O) groups is 2. The van der Waals surface area contributed by atoms with E-state index in [2.05, 4.69) is 22.3 Å². The van der Waals surface area contributed by atoms with Crippen LogP contribution < -0.4 is 11.1 Å². The van der Waals surface area contributed by atoms with Gasteiger partial charge in [-0.05, 0) is 49.2 Å². The fraction of sp³-hybridized carbons (Fsp3) is 0.333. The molecule has 27 heavy (non-hydrogen) atoms. The van der Waals surface area contributed by atoms with Crippen molar-refractivity contribution in [3.05, 3.63) is 59.2 Å². The Bertz CT molecular complexity index is 812. The molecular formula is C21H25N3O3. The predicted molar refractivity (Wildman–Crippen MR) is 106 cm³/mol. The Morgan fingerprint density at radius 2 is 1.81 bits per heavy atom. The molecule has 2 aromatic rings. The molecule has 2 aromatic carbocycles. The smallest absolute Gasteiger partial charge is 0.248 e. The monoisotopic (exact) mass is 367 g/mol. The number of nitrogens with zero attached hydrogens (tertiary/aromatic N) is 1. The number of carbonyl (C=O) groups excluding carboxylic acids is 2.